The molecule has 134 valence electrons. The number of fused-ring (bicyclic) bond motifs is 1. The number of halogens is 2. The number of hydrogen-bond acceptors (Lipinski definition) is 2. The van der Waals surface area contributed by atoms with Crippen LogP contribution in [-0.2, 0) is 4.79 Å². The number of carbonyl (C=O) groups is 1. The number of nitrogens with one attached hydrogen (secondary N) is 1. The molecule has 2 aromatic carbocycles. The van der Waals surface area contributed by atoms with Crippen LogP contribution in [0, 0.1) is 0 Å². The smallest absolute Gasteiger partial charge is 0.281 e. The molecule has 4 nitrogen and oxygen atoms in total. The van der Waals surface area contributed by atoms with Gasteiger partial charge in [-0.2, -0.15) is 0 Å². The van der Waals surface area contributed by atoms with Crippen molar-refractivity contribution in [1.82, 2.24) is 0 Å². The third-order valence-electron chi connectivity index (χ3n) is 4.93. The molecule has 26 heavy (non-hydrogen) atoms. The Bertz CT molecular complexity index is 855. The monoisotopic (exact) mass is 388 g/mol. The van der Waals surface area contributed by atoms with Gasteiger partial charge in [0.25, 0.3) is 5.91 Å². The van der Waals surface area contributed by atoms with Gasteiger partial charge in [-0.15, -0.1) is 0 Å². The van der Waals surface area contributed by atoms with E-state index in [0.29, 0.717) is 28.1 Å². The van der Waals surface area contributed by atoms with Gasteiger partial charge in [0, 0.05) is 15.6 Å². The maximum atomic E-state index is 13.1. The zero-order chi connectivity index (χ0) is 18.1. The van der Waals surface area contributed by atoms with Gasteiger partial charge in [-0.3, -0.25) is 9.69 Å². The van der Waals surface area contributed by atoms with Gasteiger partial charge in [0.15, 0.2) is 6.67 Å². The van der Waals surface area contributed by atoms with Crippen molar-refractivity contribution < 1.29 is 9.69 Å². The first-order valence-electron chi connectivity index (χ1n) is 8.91. The number of quaternary nitrogens is 1. The number of benzene rings is 2. The minimum Gasteiger partial charge on any atom is -0.317 e. The van der Waals surface area contributed by atoms with E-state index in [4.69, 9.17) is 23.2 Å². The summed E-state index contributed by atoms with van der Waals surface area (Å²) in [5, 5.41) is 1.01. The molecule has 0 atom stereocenters. The number of likely N-dealkylation sites (tertiary alicyclic amines) is 1. The van der Waals surface area contributed by atoms with E-state index >= 15 is 0 Å². The molecule has 2 heterocycles. The summed E-state index contributed by atoms with van der Waals surface area (Å²) in [4.78, 5) is 21.0. The van der Waals surface area contributed by atoms with Crippen molar-refractivity contribution >= 4 is 46.2 Å². The van der Waals surface area contributed by atoms with E-state index in [9.17, 15) is 4.79 Å². The zero-order valence-electron chi connectivity index (χ0n) is 14.3. The van der Waals surface area contributed by atoms with Crippen LogP contribution in [0.4, 0.5) is 11.4 Å². The molecule has 2 aliphatic rings. The SMILES string of the molecule is O=C1C(=Nc2cc(Cl)cc(Cl)c2)c2ccccc2N1C[NH+]1CCCCC1. The highest BCUT2D eigenvalue weighted by atomic mass is 35.5. The molecule has 4 rings (SSSR count). The van der Waals surface area contributed by atoms with E-state index in [-0.39, 0.29) is 5.91 Å². The Hall–Kier alpha value is -1.88. The predicted molar refractivity (Wildman–Crippen MR) is 106 cm³/mol. The van der Waals surface area contributed by atoms with Crippen LogP contribution in [0.5, 0.6) is 0 Å². The highest BCUT2D eigenvalue weighted by molar-refractivity contribution is 6.54. The van der Waals surface area contributed by atoms with Crippen LogP contribution in [0.3, 0.4) is 0 Å². The van der Waals surface area contributed by atoms with Crippen molar-refractivity contribution in [1.29, 1.82) is 0 Å². The first-order chi connectivity index (χ1) is 12.6. The van der Waals surface area contributed by atoms with E-state index < -0.39 is 0 Å². The number of aliphatic imine (C=N–C) groups is 1. The standard InChI is InChI=1S/C20H19Cl2N3O/c21-14-10-15(22)12-16(11-14)23-19-17-6-2-3-7-18(17)25(20(19)26)13-24-8-4-1-5-9-24/h2-3,6-7,10-12H,1,4-5,8-9,13H2/p+1. The molecule has 0 radical (unpaired) electrons. The summed E-state index contributed by atoms with van der Waals surface area (Å²) in [5.41, 5.74) is 2.84. The Labute approximate surface area is 163 Å². The first-order valence-corrected chi connectivity index (χ1v) is 9.67. The summed E-state index contributed by atoms with van der Waals surface area (Å²) in [7, 11) is 0. The largest absolute Gasteiger partial charge is 0.317 e. The predicted octanol–water partition coefficient (Wildman–Crippen LogP) is 3.49. The Morgan fingerprint density at radius 2 is 1.69 bits per heavy atom. The maximum Gasteiger partial charge on any atom is 0.281 e. The number of anilines is 1. The fourth-order valence-corrected chi connectivity index (χ4v) is 4.21. The van der Waals surface area contributed by atoms with Crippen LogP contribution < -0.4 is 9.80 Å². The van der Waals surface area contributed by atoms with Crippen LogP contribution in [0.25, 0.3) is 0 Å². The maximum absolute atomic E-state index is 13.1. The van der Waals surface area contributed by atoms with Crippen LogP contribution >= 0.6 is 23.2 Å². The van der Waals surface area contributed by atoms with E-state index in [1.54, 1.807) is 18.2 Å². The molecule has 0 aliphatic carbocycles. The lowest BCUT2D eigenvalue weighted by molar-refractivity contribution is -0.903. The summed E-state index contributed by atoms with van der Waals surface area (Å²) in [6.45, 7) is 2.91. The Morgan fingerprint density at radius 3 is 2.42 bits per heavy atom. The van der Waals surface area contributed by atoms with Crippen molar-refractivity contribution in [2.24, 2.45) is 4.99 Å². The third-order valence-corrected chi connectivity index (χ3v) is 5.36. The van der Waals surface area contributed by atoms with Gasteiger partial charge < -0.3 is 4.90 Å². The van der Waals surface area contributed by atoms with Gasteiger partial charge >= 0.3 is 0 Å². The molecular formula is C20H20Cl2N3O+. The van der Waals surface area contributed by atoms with E-state index in [2.05, 4.69) is 4.99 Å². The second-order valence-corrected chi connectivity index (χ2v) is 7.68. The molecule has 0 aromatic heterocycles. The summed E-state index contributed by atoms with van der Waals surface area (Å²) < 4.78 is 0. The first kappa shape index (κ1) is 17.5. The number of piperidine rings is 1. The van der Waals surface area contributed by atoms with Gasteiger partial charge in [-0.25, -0.2) is 4.99 Å². The molecule has 0 saturated carbocycles. The quantitative estimate of drug-likeness (QED) is 0.858. The van der Waals surface area contributed by atoms with E-state index in [1.807, 2.05) is 29.2 Å². The molecule has 0 spiro atoms. The van der Waals surface area contributed by atoms with Gasteiger partial charge in [-0.05, 0) is 43.5 Å². The van der Waals surface area contributed by atoms with Gasteiger partial charge in [0.05, 0.1) is 24.5 Å². The van der Waals surface area contributed by atoms with Gasteiger partial charge in [-0.1, -0.05) is 41.4 Å². The lowest BCUT2D eigenvalue weighted by Gasteiger charge is -2.27. The molecule has 6 heteroatoms. The Morgan fingerprint density at radius 1 is 1.00 bits per heavy atom. The topological polar surface area (TPSA) is 37.1 Å². The fraction of sp³-hybridized carbons (Fsp3) is 0.300. The number of carbonyl (C=O) groups excluding carboxylic acids is 1. The highest BCUT2D eigenvalue weighted by Gasteiger charge is 2.36. The molecule has 1 saturated heterocycles. The van der Waals surface area contributed by atoms with E-state index in [0.717, 1.165) is 24.3 Å². The molecule has 2 aromatic rings. The summed E-state index contributed by atoms with van der Waals surface area (Å²) in [5.74, 6) is -0.0552. The van der Waals surface area contributed by atoms with Crippen LogP contribution in [-0.4, -0.2) is 31.4 Å². The molecule has 1 N–H and O–H groups in total. The number of nitrogens with zero attached hydrogens (tertiary/aromatic N) is 2. The molecule has 2 aliphatic heterocycles. The fourth-order valence-electron chi connectivity index (χ4n) is 3.69. The van der Waals surface area contributed by atoms with Crippen molar-refractivity contribution in [2.75, 3.05) is 24.7 Å². The Kier molecular flexibility index (Phi) is 4.98. The minimum absolute atomic E-state index is 0.0552. The number of rotatable bonds is 3. The summed E-state index contributed by atoms with van der Waals surface area (Å²) >= 11 is 12.2. The summed E-state index contributed by atoms with van der Waals surface area (Å²) in [6, 6.07) is 12.9. The number of hydrogen-bond donors (Lipinski definition) is 1. The highest BCUT2D eigenvalue weighted by Crippen LogP contribution is 2.31. The zero-order valence-corrected chi connectivity index (χ0v) is 15.9. The number of amides is 1. The number of para-hydroxylation sites is 1. The summed E-state index contributed by atoms with van der Waals surface area (Å²) in [6.07, 6.45) is 3.73. The third kappa shape index (κ3) is 3.50. The molecular weight excluding hydrogens is 369 g/mol. The van der Waals surface area contributed by atoms with Crippen molar-refractivity contribution in [3.8, 4) is 0 Å². The second-order valence-electron chi connectivity index (χ2n) is 6.81. The molecule has 0 bridgehead atoms. The average molecular weight is 389 g/mol. The van der Waals surface area contributed by atoms with Crippen LogP contribution in [0.1, 0.15) is 24.8 Å². The average Bonchev–Trinajstić information content (AvgIpc) is 2.88. The normalized spacial score (nSPS) is 19.2. The van der Waals surface area contributed by atoms with Gasteiger partial charge in [0.1, 0.15) is 5.71 Å². The van der Waals surface area contributed by atoms with Crippen molar-refractivity contribution in [2.45, 2.75) is 19.3 Å². The molecule has 1 fully saturated rings. The lowest BCUT2D eigenvalue weighted by Crippen LogP contribution is -3.14. The van der Waals surface area contributed by atoms with Gasteiger partial charge in [0.2, 0.25) is 0 Å². The second kappa shape index (κ2) is 7.39. The lowest BCUT2D eigenvalue weighted by atomic mass is 10.1. The van der Waals surface area contributed by atoms with Crippen LogP contribution in [0.15, 0.2) is 47.5 Å². The van der Waals surface area contributed by atoms with Crippen molar-refractivity contribution in [3.63, 3.8) is 0 Å². The molecule has 0 unspecified atom stereocenters. The molecule has 1 amide bonds. The van der Waals surface area contributed by atoms with Crippen molar-refractivity contribution in [3.05, 3.63) is 58.1 Å². The van der Waals surface area contributed by atoms with E-state index in [1.165, 1.54) is 24.2 Å². The Balaban J connectivity index is 1.69. The minimum atomic E-state index is -0.0552. The van der Waals surface area contributed by atoms with Crippen LogP contribution in [0.2, 0.25) is 10.0 Å².